The van der Waals surface area contributed by atoms with Crippen molar-refractivity contribution in [1.82, 2.24) is 0 Å². The van der Waals surface area contributed by atoms with Crippen LogP contribution >= 0.6 is 11.6 Å². The van der Waals surface area contributed by atoms with E-state index >= 15 is 0 Å². The van der Waals surface area contributed by atoms with Crippen molar-refractivity contribution in [2.75, 3.05) is 30.0 Å². The van der Waals surface area contributed by atoms with Crippen molar-refractivity contribution in [3.8, 4) is 5.75 Å². The molecule has 0 aliphatic carbocycles. The van der Waals surface area contributed by atoms with Crippen LogP contribution in [0.5, 0.6) is 5.75 Å². The number of ketones is 1. The summed E-state index contributed by atoms with van der Waals surface area (Å²) in [6.45, 7) is 5.86. The highest BCUT2D eigenvalue weighted by molar-refractivity contribution is 6.51. The third-order valence-corrected chi connectivity index (χ3v) is 6.48. The largest absolute Gasteiger partial charge is 0.507 e. The molecule has 3 aromatic carbocycles. The molecule has 1 aliphatic rings. The highest BCUT2D eigenvalue weighted by Gasteiger charge is 2.47. The fourth-order valence-electron chi connectivity index (χ4n) is 4.40. The van der Waals surface area contributed by atoms with Crippen LogP contribution in [-0.2, 0) is 9.59 Å². The molecule has 0 aromatic heterocycles. The molecule has 1 unspecified atom stereocenters. The van der Waals surface area contributed by atoms with Gasteiger partial charge >= 0.3 is 0 Å². The van der Waals surface area contributed by atoms with Crippen molar-refractivity contribution < 1.29 is 19.4 Å². The maximum Gasteiger partial charge on any atom is 0.300 e. The number of nitrogens with zero attached hydrogens (tertiary/aromatic N) is 2. The number of aliphatic hydroxyl groups excluding tert-OH is 1. The molecule has 35 heavy (non-hydrogen) atoms. The fourth-order valence-corrected chi connectivity index (χ4v) is 4.53. The number of aliphatic hydroxyl groups is 1. The molecule has 0 radical (unpaired) electrons. The first-order chi connectivity index (χ1) is 16.9. The van der Waals surface area contributed by atoms with Gasteiger partial charge in [0.25, 0.3) is 11.7 Å². The maximum absolute atomic E-state index is 13.3. The first-order valence-corrected chi connectivity index (χ1v) is 11.8. The van der Waals surface area contributed by atoms with Crippen molar-refractivity contribution in [2.45, 2.75) is 19.9 Å². The van der Waals surface area contributed by atoms with Crippen LogP contribution in [0.25, 0.3) is 5.76 Å². The van der Waals surface area contributed by atoms with Crippen LogP contribution in [0.3, 0.4) is 0 Å². The van der Waals surface area contributed by atoms with E-state index in [4.69, 9.17) is 16.3 Å². The molecule has 0 saturated carbocycles. The van der Waals surface area contributed by atoms with E-state index in [-0.39, 0.29) is 11.3 Å². The number of Topliss-reactive ketones (excluding diaryl/α,β-unsaturated/α-hetero) is 1. The molecule has 1 aliphatic heterocycles. The number of carbonyl (C=O) groups excluding carboxylic acids is 2. The van der Waals surface area contributed by atoms with Gasteiger partial charge in [-0.05, 0) is 80.1 Å². The van der Waals surface area contributed by atoms with Gasteiger partial charge in [-0.25, -0.2) is 0 Å². The molecule has 7 heteroatoms. The lowest BCUT2D eigenvalue weighted by molar-refractivity contribution is -0.132. The summed E-state index contributed by atoms with van der Waals surface area (Å²) in [5, 5.41) is 11.7. The lowest BCUT2D eigenvalue weighted by Gasteiger charge is -2.27. The van der Waals surface area contributed by atoms with Crippen LogP contribution in [0.15, 0.2) is 78.4 Å². The molecule has 1 heterocycles. The second kappa shape index (κ2) is 10.2. The molecule has 1 amide bonds. The van der Waals surface area contributed by atoms with Gasteiger partial charge < -0.3 is 14.7 Å². The molecule has 180 valence electrons. The Kier molecular flexibility index (Phi) is 7.12. The Balaban J connectivity index is 1.88. The second-order valence-corrected chi connectivity index (χ2v) is 8.58. The van der Waals surface area contributed by atoms with E-state index in [1.165, 1.54) is 4.90 Å². The minimum Gasteiger partial charge on any atom is -0.507 e. The first kappa shape index (κ1) is 24.4. The van der Waals surface area contributed by atoms with Gasteiger partial charge in [-0.15, -0.1) is 0 Å². The summed E-state index contributed by atoms with van der Waals surface area (Å²) in [6.07, 6.45) is 0. The van der Waals surface area contributed by atoms with Gasteiger partial charge in [0.15, 0.2) is 0 Å². The van der Waals surface area contributed by atoms with Crippen LogP contribution in [0, 0.1) is 0 Å². The lowest BCUT2D eigenvalue weighted by Crippen LogP contribution is -2.29. The zero-order valence-electron chi connectivity index (χ0n) is 19.9. The summed E-state index contributed by atoms with van der Waals surface area (Å²) in [5.74, 6) is -1.13. The van der Waals surface area contributed by atoms with E-state index in [9.17, 15) is 14.7 Å². The highest BCUT2D eigenvalue weighted by atomic mass is 35.5. The standard InChI is InChI=1S/C28H27ClN2O4/c1-4-30(5-2)21-13-15-22(16-14-21)31-25(19-7-6-8-23(17-19)35-3)24(27(33)28(31)34)26(32)18-9-11-20(29)12-10-18/h6-17,25,32H,4-5H2,1-3H3/b26-24-. The second-order valence-electron chi connectivity index (χ2n) is 8.14. The van der Waals surface area contributed by atoms with E-state index in [1.807, 2.05) is 30.3 Å². The zero-order chi connectivity index (χ0) is 25.1. The molecule has 0 spiro atoms. The normalized spacial score (nSPS) is 17.0. The molecular weight excluding hydrogens is 464 g/mol. The minimum absolute atomic E-state index is 0.0124. The molecule has 1 fully saturated rings. The molecule has 1 N–H and O–H groups in total. The van der Waals surface area contributed by atoms with Crippen LogP contribution in [0.1, 0.15) is 31.0 Å². The summed E-state index contributed by atoms with van der Waals surface area (Å²) >= 11 is 6.00. The molecule has 0 bridgehead atoms. The average Bonchev–Trinajstić information content (AvgIpc) is 3.15. The van der Waals surface area contributed by atoms with Gasteiger partial charge in [0.1, 0.15) is 11.5 Å². The summed E-state index contributed by atoms with van der Waals surface area (Å²) < 4.78 is 5.38. The third-order valence-electron chi connectivity index (χ3n) is 6.23. The third kappa shape index (κ3) is 4.62. The number of ether oxygens (including phenoxy) is 1. The van der Waals surface area contributed by atoms with Crippen LogP contribution in [-0.4, -0.2) is 37.0 Å². The minimum atomic E-state index is -0.833. The highest BCUT2D eigenvalue weighted by Crippen LogP contribution is 2.43. The molecular formula is C28H27ClN2O4. The Hall–Kier alpha value is -3.77. The van der Waals surface area contributed by atoms with Crippen molar-refractivity contribution in [2.24, 2.45) is 0 Å². The number of rotatable bonds is 7. The van der Waals surface area contributed by atoms with E-state index in [1.54, 1.807) is 49.6 Å². The van der Waals surface area contributed by atoms with Crippen molar-refractivity contribution >= 4 is 40.4 Å². The van der Waals surface area contributed by atoms with Gasteiger partial charge in [0, 0.05) is 35.1 Å². The fraction of sp³-hybridized carbons (Fsp3) is 0.214. The first-order valence-electron chi connectivity index (χ1n) is 11.5. The van der Waals surface area contributed by atoms with Crippen LogP contribution in [0.4, 0.5) is 11.4 Å². The topological polar surface area (TPSA) is 70.1 Å². The van der Waals surface area contributed by atoms with Crippen LogP contribution in [0.2, 0.25) is 5.02 Å². The molecule has 3 aromatic rings. The predicted molar refractivity (Wildman–Crippen MR) is 139 cm³/mol. The maximum atomic E-state index is 13.3. The monoisotopic (exact) mass is 490 g/mol. The van der Waals surface area contributed by atoms with Gasteiger partial charge in [-0.1, -0.05) is 23.7 Å². The Bertz CT molecular complexity index is 1260. The number of hydrogen-bond donors (Lipinski definition) is 1. The van der Waals surface area contributed by atoms with E-state index < -0.39 is 17.7 Å². The number of carbonyl (C=O) groups is 2. The number of methoxy groups -OCH3 is 1. The van der Waals surface area contributed by atoms with Crippen molar-refractivity contribution in [3.05, 3.63) is 94.5 Å². The molecule has 1 atom stereocenters. The van der Waals surface area contributed by atoms with Gasteiger partial charge in [0.05, 0.1) is 18.7 Å². The lowest BCUT2D eigenvalue weighted by atomic mass is 9.95. The van der Waals surface area contributed by atoms with E-state index in [0.717, 1.165) is 18.8 Å². The number of halogens is 1. The summed E-state index contributed by atoms with van der Waals surface area (Å²) in [4.78, 5) is 30.3. The number of hydrogen-bond acceptors (Lipinski definition) is 5. The van der Waals surface area contributed by atoms with E-state index in [0.29, 0.717) is 27.6 Å². The van der Waals surface area contributed by atoms with Gasteiger partial charge in [-0.3, -0.25) is 14.5 Å². The molecule has 4 rings (SSSR count). The Labute approximate surface area is 210 Å². The summed E-state index contributed by atoms with van der Waals surface area (Å²) in [6, 6.07) is 20.3. The summed E-state index contributed by atoms with van der Waals surface area (Å²) in [7, 11) is 1.55. The SMILES string of the molecule is CCN(CC)c1ccc(N2C(=O)C(=O)/C(=C(\O)c3ccc(Cl)cc3)C2c2cccc(OC)c2)cc1. The average molecular weight is 491 g/mol. The van der Waals surface area contributed by atoms with Crippen molar-refractivity contribution in [3.63, 3.8) is 0 Å². The van der Waals surface area contributed by atoms with E-state index in [2.05, 4.69) is 18.7 Å². The molecule has 1 saturated heterocycles. The zero-order valence-corrected chi connectivity index (χ0v) is 20.6. The Morgan fingerprint density at radius 2 is 1.66 bits per heavy atom. The summed E-state index contributed by atoms with van der Waals surface area (Å²) in [5.41, 5.74) is 2.64. The quantitative estimate of drug-likeness (QED) is 0.257. The Morgan fingerprint density at radius 1 is 1.00 bits per heavy atom. The number of benzene rings is 3. The predicted octanol–water partition coefficient (Wildman–Crippen LogP) is 5.82. The smallest absolute Gasteiger partial charge is 0.300 e. The van der Waals surface area contributed by atoms with Crippen molar-refractivity contribution in [1.29, 1.82) is 0 Å². The van der Waals surface area contributed by atoms with Crippen LogP contribution < -0.4 is 14.5 Å². The Morgan fingerprint density at radius 3 is 2.26 bits per heavy atom. The van der Waals surface area contributed by atoms with Gasteiger partial charge in [-0.2, -0.15) is 0 Å². The number of amides is 1. The van der Waals surface area contributed by atoms with Gasteiger partial charge in [0.2, 0.25) is 0 Å². The number of anilines is 2. The molecule has 6 nitrogen and oxygen atoms in total.